The van der Waals surface area contributed by atoms with Crippen molar-refractivity contribution in [3.05, 3.63) is 99.7 Å². The van der Waals surface area contributed by atoms with E-state index in [1.165, 1.54) is 25.3 Å². The number of rotatable bonds is 4. The van der Waals surface area contributed by atoms with Crippen LogP contribution in [0.15, 0.2) is 77.6 Å². The van der Waals surface area contributed by atoms with Crippen LogP contribution < -0.4 is 14.9 Å². The third-order valence-electron chi connectivity index (χ3n) is 8.03. The SMILES string of the molecule is COc1cc2c(c3c1c(=O)c1cc4ccccc4cc1n3C)C(O)C(OC(=O)/C=C/c1cccc(C(F)(F)F)c1)C(C)(C)O2. The lowest BCUT2D eigenvalue weighted by atomic mass is 9.86. The van der Waals surface area contributed by atoms with Crippen LogP contribution in [-0.2, 0) is 22.8 Å². The van der Waals surface area contributed by atoms with Gasteiger partial charge in [-0.05, 0) is 60.5 Å². The average Bonchev–Trinajstić information content (AvgIpc) is 2.98. The van der Waals surface area contributed by atoms with E-state index in [1.54, 1.807) is 31.5 Å². The molecule has 0 amide bonds. The topological polar surface area (TPSA) is 87.0 Å². The summed E-state index contributed by atoms with van der Waals surface area (Å²) in [6.45, 7) is 3.27. The molecule has 1 aliphatic heterocycles. The number of methoxy groups -OCH3 is 1. The summed E-state index contributed by atoms with van der Waals surface area (Å²) in [6.07, 6.45) is -5.01. The van der Waals surface area contributed by atoms with Gasteiger partial charge in [-0.25, -0.2) is 4.79 Å². The minimum atomic E-state index is -4.53. The van der Waals surface area contributed by atoms with Gasteiger partial charge in [0, 0.05) is 24.6 Å². The summed E-state index contributed by atoms with van der Waals surface area (Å²) >= 11 is 0. The maximum Gasteiger partial charge on any atom is 0.416 e. The summed E-state index contributed by atoms with van der Waals surface area (Å²) in [6, 6.07) is 17.4. The highest BCUT2D eigenvalue weighted by molar-refractivity contribution is 6.04. The van der Waals surface area contributed by atoms with Crippen molar-refractivity contribution in [3.8, 4) is 11.5 Å². The second-order valence-electron chi connectivity index (χ2n) is 11.3. The Bertz CT molecular complexity index is 2060. The average molecular weight is 604 g/mol. The maximum atomic E-state index is 14.0. The number of carbonyl (C=O) groups is 1. The fraction of sp³-hybridized carbons (Fsp3) is 0.235. The first-order valence-electron chi connectivity index (χ1n) is 13.8. The number of alkyl halides is 3. The first-order chi connectivity index (χ1) is 20.8. The lowest BCUT2D eigenvalue weighted by molar-refractivity contribution is -0.171. The summed E-state index contributed by atoms with van der Waals surface area (Å²) in [4.78, 5) is 26.9. The molecule has 0 saturated carbocycles. The normalized spacial score (nSPS) is 18.0. The van der Waals surface area contributed by atoms with Crippen LogP contribution in [0.5, 0.6) is 11.5 Å². The van der Waals surface area contributed by atoms with E-state index < -0.39 is 35.5 Å². The van der Waals surface area contributed by atoms with Gasteiger partial charge in [-0.2, -0.15) is 13.2 Å². The number of pyridine rings is 1. The van der Waals surface area contributed by atoms with E-state index in [9.17, 15) is 27.9 Å². The summed E-state index contributed by atoms with van der Waals surface area (Å²) in [5, 5.41) is 14.3. The molecule has 2 unspecified atom stereocenters. The zero-order chi connectivity index (χ0) is 31.6. The van der Waals surface area contributed by atoms with Gasteiger partial charge in [0.05, 0.1) is 34.7 Å². The number of esters is 1. The molecule has 2 heterocycles. The minimum Gasteiger partial charge on any atom is -0.496 e. The number of aromatic nitrogens is 1. The van der Waals surface area contributed by atoms with E-state index in [0.29, 0.717) is 16.4 Å². The molecule has 1 aromatic heterocycles. The number of halogens is 3. The second-order valence-corrected chi connectivity index (χ2v) is 11.3. The van der Waals surface area contributed by atoms with Crippen molar-refractivity contribution < 1.29 is 37.3 Å². The minimum absolute atomic E-state index is 0.148. The van der Waals surface area contributed by atoms with Crippen molar-refractivity contribution in [3.63, 3.8) is 0 Å². The third-order valence-corrected chi connectivity index (χ3v) is 8.03. The number of carbonyl (C=O) groups excluding carboxylic acids is 1. The van der Waals surface area contributed by atoms with Crippen molar-refractivity contribution in [2.24, 2.45) is 7.05 Å². The molecule has 0 aliphatic carbocycles. The molecule has 226 valence electrons. The number of hydrogen-bond acceptors (Lipinski definition) is 6. The molecule has 0 bridgehead atoms. The molecule has 44 heavy (non-hydrogen) atoms. The molecule has 0 saturated heterocycles. The molecule has 4 aromatic carbocycles. The van der Waals surface area contributed by atoms with Gasteiger partial charge in [0.15, 0.2) is 6.10 Å². The predicted octanol–water partition coefficient (Wildman–Crippen LogP) is 6.70. The van der Waals surface area contributed by atoms with E-state index in [2.05, 4.69) is 0 Å². The smallest absolute Gasteiger partial charge is 0.416 e. The van der Waals surface area contributed by atoms with E-state index in [4.69, 9.17) is 14.2 Å². The van der Waals surface area contributed by atoms with Crippen LogP contribution in [0.3, 0.4) is 0 Å². The lowest BCUT2D eigenvalue weighted by Gasteiger charge is -2.42. The number of hydrogen-bond donors (Lipinski definition) is 1. The second kappa shape index (κ2) is 10.4. The molecule has 6 rings (SSSR count). The highest BCUT2D eigenvalue weighted by Crippen LogP contribution is 2.47. The molecule has 0 radical (unpaired) electrons. The van der Waals surface area contributed by atoms with Gasteiger partial charge in [-0.1, -0.05) is 36.4 Å². The Labute approximate surface area is 249 Å². The predicted molar refractivity (Wildman–Crippen MR) is 161 cm³/mol. The summed E-state index contributed by atoms with van der Waals surface area (Å²) in [5.41, 5.74) is -1.02. The number of nitrogens with zero attached hydrogens (tertiary/aromatic N) is 1. The summed E-state index contributed by atoms with van der Waals surface area (Å²) in [7, 11) is 3.21. The van der Waals surface area contributed by atoms with Crippen molar-refractivity contribution in [2.45, 2.75) is 37.8 Å². The monoisotopic (exact) mass is 603 g/mol. The van der Waals surface area contributed by atoms with Crippen LogP contribution in [0, 0.1) is 0 Å². The largest absolute Gasteiger partial charge is 0.496 e. The highest BCUT2D eigenvalue weighted by Gasteiger charge is 2.47. The first kappa shape index (κ1) is 29.3. The molecule has 0 spiro atoms. The standard InChI is InChI=1S/C34H28F3NO6/c1-33(2)32(43-26(39)13-12-18-8-7-11-21(14-18)34(35,36)37)31(41)28-25(44-33)17-24(42-4)27-29(28)38(3)23-16-20-10-6-5-9-19(20)15-22(23)30(27)40/h5-17,31-32,41H,1-4H3/b13-12+. The summed E-state index contributed by atoms with van der Waals surface area (Å²) < 4.78 is 58.7. The van der Waals surface area contributed by atoms with Crippen LogP contribution in [0.4, 0.5) is 13.2 Å². The number of aryl methyl sites for hydroxylation is 1. The van der Waals surface area contributed by atoms with Crippen molar-refractivity contribution >= 4 is 44.6 Å². The van der Waals surface area contributed by atoms with Gasteiger partial charge in [-0.15, -0.1) is 0 Å². The number of benzene rings is 4. The number of aliphatic hydroxyl groups excluding tert-OH is 1. The molecule has 1 aliphatic rings. The maximum absolute atomic E-state index is 14.0. The number of aliphatic hydroxyl groups is 1. The molecular formula is C34H28F3NO6. The molecular weight excluding hydrogens is 575 g/mol. The van der Waals surface area contributed by atoms with E-state index in [0.717, 1.165) is 29.0 Å². The molecule has 5 aromatic rings. The van der Waals surface area contributed by atoms with Gasteiger partial charge in [0.1, 0.15) is 23.2 Å². The Morgan fingerprint density at radius 2 is 1.75 bits per heavy atom. The van der Waals surface area contributed by atoms with Crippen LogP contribution in [0.1, 0.15) is 36.6 Å². The van der Waals surface area contributed by atoms with Gasteiger partial charge in [0.25, 0.3) is 0 Å². The Balaban J connectivity index is 1.45. The zero-order valence-electron chi connectivity index (χ0n) is 24.2. The molecule has 2 atom stereocenters. The van der Waals surface area contributed by atoms with Crippen molar-refractivity contribution in [1.29, 1.82) is 0 Å². The lowest BCUT2D eigenvalue weighted by Crippen LogP contribution is -2.51. The fourth-order valence-electron chi connectivity index (χ4n) is 5.91. The Morgan fingerprint density at radius 3 is 2.43 bits per heavy atom. The Hall–Kier alpha value is -4.83. The zero-order valence-corrected chi connectivity index (χ0v) is 24.2. The van der Waals surface area contributed by atoms with Crippen LogP contribution in [-0.4, -0.2) is 34.5 Å². The molecule has 7 nitrogen and oxygen atoms in total. The Kier molecular flexibility index (Phi) is 6.92. The quantitative estimate of drug-likeness (QED) is 0.140. The summed E-state index contributed by atoms with van der Waals surface area (Å²) in [5.74, 6) is -0.374. The van der Waals surface area contributed by atoms with E-state index >= 15 is 0 Å². The van der Waals surface area contributed by atoms with Gasteiger partial charge >= 0.3 is 12.1 Å². The Morgan fingerprint density at radius 1 is 1.05 bits per heavy atom. The molecule has 1 N–H and O–H groups in total. The molecule has 0 fully saturated rings. The van der Waals surface area contributed by atoms with E-state index in [-0.39, 0.29) is 33.4 Å². The number of fused-ring (bicyclic) bond motifs is 5. The van der Waals surface area contributed by atoms with Crippen molar-refractivity contribution in [1.82, 2.24) is 4.57 Å². The third kappa shape index (κ3) is 4.85. The van der Waals surface area contributed by atoms with E-state index in [1.807, 2.05) is 36.4 Å². The van der Waals surface area contributed by atoms with Gasteiger partial charge in [0.2, 0.25) is 5.43 Å². The van der Waals surface area contributed by atoms with Crippen molar-refractivity contribution in [2.75, 3.05) is 7.11 Å². The van der Waals surface area contributed by atoms with Crippen LogP contribution in [0.25, 0.3) is 38.7 Å². The highest BCUT2D eigenvalue weighted by atomic mass is 19.4. The number of ether oxygens (including phenoxy) is 3. The van der Waals surface area contributed by atoms with Gasteiger partial charge in [-0.3, -0.25) is 4.79 Å². The molecule has 10 heteroatoms. The first-order valence-corrected chi connectivity index (χ1v) is 13.8. The van der Waals surface area contributed by atoms with Gasteiger partial charge < -0.3 is 23.9 Å². The van der Waals surface area contributed by atoms with Crippen LogP contribution in [0.2, 0.25) is 0 Å². The fourth-order valence-corrected chi connectivity index (χ4v) is 5.91. The van der Waals surface area contributed by atoms with Crippen LogP contribution >= 0.6 is 0 Å².